The van der Waals surface area contributed by atoms with Gasteiger partial charge in [-0.3, -0.25) is 9.48 Å². The van der Waals surface area contributed by atoms with Gasteiger partial charge in [-0.25, -0.2) is 9.37 Å². The Kier molecular flexibility index (Phi) is 9.86. The molecule has 0 radical (unpaired) electrons. The van der Waals surface area contributed by atoms with Crippen molar-refractivity contribution in [3.8, 4) is 0 Å². The van der Waals surface area contributed by atoms with Crippen LogP contribution in [0.25, 0.3) is 0 Å². The van der Waals surface area contributed by atoms with Crippen LogP contribution in [-0.2, 0) is 17.8 Å². The Labute approximate surface area is 266 Å². The van der Waals surface area contributed by atoms with E-state index in [-0.39, 0.29) is 29.2 Å². The van der Waals surface area contributed by atoms with Gasteiger partial charge in [-0.2, -0.15) is 5.10 Å². The lowest BCUT2D eigenvalue weighted by molar-refractivity contribution is -0.136. The minimum absolute atomic E-state index is 0.118. The number of halogens is 2. The van der Waals surface area contributed by atoms with Gasteiger partial charge in [0, 0.05) is 48.8 Å². The summed E-state index contributed by atoms with van der Waals surface area (Å²) in [7, 11) is 0. The van der Waals surface area contributed by atoms with Gasteiger partial charge in [0.15, 0.2) is 0 Å². The molecule has 0 bridgehead atoms. The number of rotatable bonds is 9. The highest BCUT2D eigenvalue weighted by atomic mass is 35.5. The summed E-state index contributed by atoms with van der Waals surface area (Å²) in [6, 6.07) is 14.4. The number of hydrogen-bond donors (Lipinski definition) is 1. The first-order valence-electron chi connectivity index (χ1n) is 16.6. The molecule has 1 aromatic heterocycles. The van der Waals surface area contributed by atoms with Crippen LogP contribution in [0.4, 0.5) is 10.1 Å². The van der Waals surface area contributed by atoms with Gasteiger partial charge < -0.3 is 15.5 Å². The molecule has 7 nitrogen and oxygen atoms in total. The van der Waals surface area contributed by atoms with E-state index in [0.29, 0.717) is 17.4 Å². The maximum Gasteiger partial charge on any atom is 0.245 e. The molecular weight excluding hydrogens is 575 g/mol. The zero-order valence-corrected chi connectivity index (χ0v) is 26.4. The molecule has 1 atom stereocenters. The minimum atomic E-state index is -0.418. The Morgan fingerprint density at radius 3 is 2.30 bits per heavy atom. The quantitative estimate of drug-likeness (QED) is 0.290. The maximum atomic E-state index is 14.8. The third-order valence-electron chi connectivity index (χ3n) is 10.7. The SMILES string of the molecule is N[C@H]1CC[C@@H](N(c2ccc(F)cc2)[C@H](Cc2ccc(Cl)cc2)C(=O)N2CCC(Cn3cncn3)(C3CCCCC3)CC2)CC1. The summed E-state index contributed by atoms with van der Waals surface area (Å²) in [4.78, 5) is 23.4. The number of anilines is 1. The van der Waals surface area contributed by atoms with Gasteiger partial charge in [0.25, 0.3) is 0 Å². The Morgan fingerprint density at radius 1 is 0.977 bits per heavy atom. The van der Waals surface area contributed by atoms with E-state index >= 15 is 0 Å². The minimum Gasteiger partial charge on any atom is -0.356 e. The number of nitrogens with two attached hydrogens (primary N) is 1. The van der Waals surface area contributed by atoms with Crippen molar-refractivity contribution in [2.24, 2.45) is 17.1 Å². The topological polar surface area (TPSA) is 80.3 Å². The molecular formula is C35H46ClFN6O. The second-order valence-corrected chi connectivity index (χ2v) is 13.9. The Balaban J connectivity index is 1.29. The number of amides is 1. The van der Waals surface area contributed by atoms with E-state index < -0.39 is 6.04 Å². The van der Waals surface area contributed by atoms with Crippen LogP contribution >= 0.6 is 11.6 Å². The van der Waals surface area contributed by atoms with Gasteiger partial charge in [-0.15, -0.1) is 0 Å². The van der Waals surface area contributed by atoms with Crippen molar-refractivity contribution in [3.05, 3.63) is 77.6 Å². The van der Waals surface area contributed by atoms with Gasteiger partial charge in [-0.1, -0.05) is 43.0 Å². The van der Waals surface area contributed by atoms with Crippen molar-refractivity contribution in [2.45, 2.75) is 102 Å². The smallest absolute Gasteiger partial charge is 0.245 e. The van der Waals surface area contributed by atoms with Crippen LogP contribution in [0.2, 0.25) is 5.02 Å². The van der Waals surface area contributed by atoms with Gasteiger partial charge in [0.1, 0.15) is 24.5 Å². The summed E-state index contributed by atoms with van der Waals surface area (Å²) >= 11 is 6.24. The molecule has 2 aliphatic carbocycles. The molecule has 2 saturated carbocycles. The van der Waals surface area contributed by atoms with E-state index in [4.69, 9.17) is 17.3 Å². The highest BCUT2D eigenvalue weighted by Gasteiger charge is 2.45. The van der Waals surface area contributed by atoms with Crippen molar-refractivity contribution in [1.29, 1.82) is 0 Å². The first-order valence-corrected chi connectivity index (χ1v) is 16.9. The summed E-state index contributed by atoms with van der Waals surface area (Å²) in [6.45, 7) is 2.32. The van der Waals surface area contributed by atoms with E-state index in [2.05, 4.69) is 19.9 Å². The molecule has 3 fully saturated rings. The van der Waals surface area contributed by atoms with Gasteiger partial charge >= 0.3 is 0 Å². The summed E-state index contributed by atoms with van der Waals surface area (Å²) in [5.74, 6) is 0.518. The summed E-state index contributed by atoms with van der Waals surface area (Å²) in [5.41, 5.74) is 8.38. The van der Waals surface area contributed by atoms with Crippen molar-refractivity contribution in [2.75, 3.05) is 18.0 Å². The number of piperidine rings is 1. The molecule has 0 unspecified atom stereocenters. The highest BCUT2D eigenvalue weighted by molar-refractivity contribution is 6.30. The van der Waals surface area contributed by atoms with E-state index in [1.807, 2.05) is 47.4 Å². The molecule has 1 saturated heterocycles. The fourth-order valence-electron chi connectivity index (χ4n) is 8.22. The fraction of sp³-hybridized carbons (Fsp3) is 0.571. The first kappa shape index (κ1) is 31.0. The number of likely N-dealkylation sites (tertiary alicyclic amines) is 1. The predicted octanol–water partition coefficient (Wildman–Crippen LogP) is 6.65. The molecule has 3 aliphatic rings. The summed E-state index contributed by atoms with van der Waals surface area (Å²) in [6.07, 6.45) is 16.0. The van der Waals surface area contributed by atoms with Crippen LogP contribution < -0.4 is 10.6 Å². The number of carbonyl (C=O) groups is 1. The van der Waals surface area contributed by atoms with Crippen molar-refractivity contribution in [3.63, 3.8) is 0 Å². The van der Waals surface area contributed by atoms with Crippen LogP contribution in [0.1, 0.15) is 76.2 Å². The van der Waals surface area contributed by atoms with Gasteiger partial charge in [0.2, 0.25) is 5.91 Å². The Bertz CT molecular complexity index is 1330. The van der Waals surface area contributed by atoms with Crippen LogP contribution in [0, 0.1) is 17.2 Å². The molecule has 2 heterocycles. The summed E-state index contributed by atoms with van der Waals surface area (Å²) < 4.78 is 16.1. The predicted molar refractivity (Wildman–Crippen MR) is 173 cm³/mol. The Morgan fingerprint density at radius 2 is 1.66 bits per heavy atom. The number of hydrogen-bond acceptors (Lipinski definition) is 5. The molecule has 2 aromatic carbocycles. The van der Waals surface area contributed by atoms with E-state index in [1.165, 1.54) is 44.2 Å². The summed E-state index contributed by atoms with van der Waals surface area (Å²) in [5, 5.41) is 5.16. The highest BCUT2D eigenvalue weighted by Crippen LogP contribution is 2.47. The second-order valence-electron chi connectivity index (χ2n) is 13.4. The molecule has 44 heavy (non-hydrogen) atoms. The number of nitrogens with zero attached hydrogens (tertiary/aromatic N) is 5. The second kappa shape index (κ2) is 14.0. The molecule has 6 rings (SSSR count). The van der Waals surface area contributed by atoms with Crippen LogP contribution in [0.3, 0.4) is 0 Å². The largest absolute Gasteiger partial charge is 0.356 e. The monoisotopic (exact) mass is 620 g/mol. The van der Waals surface area contributed by atoms with Crippen molar-refractivity contribution < 1.29 is 9.18 Å². The third-order valence-corrected chi connectivity index (χ3v) is 11.0. The average molecular weight is 621 g/mol. The maximum absolute atomic E-state index is 14.8. The average Bonchev–Trinajstić information content (AvgIpc) is 3.57. The number of aromatic nitrogens is 3. The lowest BCUT2D eigenvalue weighted by atomic mass is 9.63. The third kappa shape index (κ3) is 7.12. The van der Waals surface area contributed by atoms with Crippen molar-refractivity contribution in [1.82, 2.24) is 19.7 Å². The van der Waals surface area contributed by atoms with Crippen LogP contribution in [0.5, 0.6) is 0 Å². The molecule has 0 spiro atoms. The molecule has 1 aliphatic heterocycles. The van der Waals surface area contributed by atoms with Crippen LogP contribution in [0.15, 0.2) is 61.2 Å². The zero-order chi connectivity index (χ0) is 30.5. The van der Waals surface area contributed by atoms with E-state index in [0.717, 1.165) is 69.4 Å². The van der Waals surface area contributed by atoms with Crippen LogP contribution in [-0.4, -0.2) is 56.8 Å². The number of benzene rings is 2. The van der Waals surface area contributed by atoms with Gasteiger partial charge in [0.05, 0.1) is 0 Å². The lowest BCUT2D eigenvalue weighted by Crippen LogP contribution is -2.57. The van der Waals surface area contributed by atoms with E-state index in [9.17, 15) is 9.18 Å². The first-order chi connectivity index (χ1) is 21.4. The Hall–Kier alpha value is -2.97. The normalized spacial score (nSPS) is 23.3. The van der Waals surface area contributed by atoms with Crippen molar-refractivity contribution >= 4 is 23.2 Å². The zero-order valence-electron chi connectivity index (χ0n) is 25.7. The molecule has 3 aromatic rings. The fourth-order valence-corrected chi connectivity index (χ4v) is 8.34. The van der Waals surface area contributed by atoms with Gasteiger partial charge in [-0.05, 0) is 105 Å². The molecule has 1 amide bonds. The molecule has 9 heteroatoms. The standard InChI is InChI=1S/C35H46ClFN6O/c36-28-8-6-26(7-9-28)22-33(43(31-14-10-29(37)11-15-31)32-16-12-30(38)13-17-32)34(44)41-20-18-35(19-21-41,23-42-25-39-24-40-42)27-4-2-1-3-5-27/h6-11,14-15,24-25,27,30,32-33H,1-5,12-13,16-23,38H2/t30-,32+,33-/m1/s1. The number of carbonyl (C=O) groups excluding carboxylic acids is 1. The van der Waals surface area contributed by atoms with E-state index in [1.54, 1.807) is 6.33 Å². The molecule has 2 N–H and O–H groups in total. The molecule has 236 valence electrons. The lowest BCUT2D eigenvalue weighted by Gasteiger charge is -2.49.